The van der Waals surface area contributed by atoms with Gasteiger partial charge in [0.2, 0.25) is 0 Å². The second kappa shape index (κ2) is 6.66. The van der Waals surface area contributed by atoms with Crippen molar-refractivity contribution in [1.29, 1.82) is 0 Å². The summed E-state index contributed by atoms with van der Waals surface area (Å²) in [6.07, 6.45) is 0. The largest absolute Gasteiger partial charge is 0.497 e. The van der Waals surface area contributed by atoms with Crippen molar-refractivity contribution in [2.24, 2.45) is 7.05 Å². The quantitative estimate of drug-likeness (QED) is 0.783. The van der Waals surface area contributed by atoms with Crippen LogP contribution in [-0.2, 0) is 13.6 Å². The van der Waals surface area contributed by atoms with E-state index in [1.54, 1.807) is 30.2 Å². The van der Waals surface area contributed by atoms with Gasteiger partial charge in [0.15, 0.2) is 0 Å². The lowest BCUT2D eigenvalue weighted by atomic mass is 10.2. The molecule has 0 saturated heterocycles. The van der Waals surface area contributed by atoms with Crippen molar-refractivity contribution in [3.63, 3.8) is 0 Å². The summed E-state index contributed by atoms with van der Waals surface area (Å²) in [5.41, 5.74) is 2.37. The number of hydrogen-bond acceptors (Lipinski definition) is 4. The standard InChI is InChI=1S/C17H17N3O2S/c1-20-15(10-14(19-20)16-4-3-9-23-16)17(21)18-11-12-5-7-13(22-2)8-6-12/h3-10H,11H2,1-2H3,(H,18,21). The van der Waals surface area contributed by atoms with Gasteiger partial charge in [-0.05, 0) is 35.2 Å². The van der Waals surface area contributed by atoms with Gasteiger partial charge in [-0.1, -0.05) is 18.2 Å². The number of aromatic nitrogens is 2. The van der Waals surface area contributed by atoms with Gasteiger partial charge in [0.25, 0.3) is 5.91 Å². The molecule has 0 saturated carbocycles. The van der Waals surface area contributed by atoms with Crippen molar-refractivity contribution in [2.45, 2.75) is 6.54 Å². The second-order valence-corrected chi connectivity index (χ2v) is 5.99. The van der Waals surface area contributed by atoms with Crippen molar-refractivity contribution in [2.75, 3.05) is 7.11 Å². The van der Waals surface area contributed by atoms with Crippen LogP contribution in [0.5, 0.6) is 5.75 Å². The fourth-order valence-corrected chi connectivity index (χ4v) is 2.92. The van der Waals surface area contributed by atoms with E-state index in [9.17, 15) is 4.79 Å². The molecule has 2 aromatic heterocycles. The molecule has 0 radical (unpaired) electrons. The summed E-state index contributed by atoms with van der Waals surface area (Å²) in [4.78, 5) is 13.4. The van der Waals surface area contributed by atoms with Crippen LogP contribution >= 0.6 is 11.3 Å². The molecule has 118 valence electrons. The summed E-state index contributed by atoms with van der Waals surface area (Å²) in [6.45, 7) is 0.461. The first-order chi connectivity index (χ1) is 11.2. The first kappa shape index (κ1) is 15.3. The molecule has 0 unspecified atom stereocenters. The first-order valence-corrected chi connectivity index (χ1v) is 8.04. The molecule has 3 aromatic rings. The molecule has 2 heterocycles. The lowest BCUT2D eigenvalue weighted by molar-refractivity contribution is 0.0941. The van der Waals surface area contributed by atoms with Gasteiger partial charge in [-0.25, -0.2) is 0 Å². The zero-order valence-electron chi connectivity index (χ0n) is 12.9. The number of aryl methyl sites for hydroxylation is 1. The van der Waals surface area contributed by atoms with E-state index in [1.807, 2.05) is 47.8 Å². The van der Waals surface area contributed by atoms with Crippen LogP contribution in [0, 0.1) is 0 Å². The van der Waals surface area contributed by atoms with E-state index in [4.69, 9.17) is 4.74 Å². The summed E-state index contributed by atoms with van der Waals surface area (Å²) in [6, 6.07) is 13.4. The Hall–Kier alpha value is -2.60. The lowest BCUT2D eigenvalue weighted by Gasteiger charge is -2.06. The number of thiophene rings is 1. The minimum absolute atomic E-state index is 0.140. The van der Waals surface area contributed by atoms with Crippen LogP contribution in [0.25, 0.3) is 10.6 Å². The number of amides is 1. The van der Waals surface area contributed by atoms with Gasteiger partial charge in [-0.3, -0.25) is 9.48 Å². The number of nitrogens with one attached hydrogen (secondary N) is 1. The molecule has 5 nitrogen and oxygen atoms in total. The fourth-order valence-electron chi connectivity index (χ4n) is 2.24. The summed E-state index contributed by atoms with van der Waals surface area (Å²) in [7, 11) is 3.41. The van der Waals surface area contributed by atoms with E-state index < -0.39 is 0 Å². The predicted molar refractivity (Wildman–Crippen MR) is 90.7 cm³/mol. The number of carbonyl (C=O) groups is 1. The molecule has 0 aliphatic rings. The number of ether oxygens (including phenoxy) is 1. The Kier molecular flexibility index (Phi) is 4.43. The van der Waals surface area contributed by atoms with E-state index >= 15 is 0 Å². The highest BCUT2D eigenvalue weighted by Crippen LogP contribution is 2.23. The molecule has 0 spiro atoms. The van der Waals surface area contributed by atoms with Gasteiger partial charge in [0.05, 0.1) is 12.0 Å². The fraction of sp³-hybridized carbons (Fsp3) is 0.176. The zero-order valence-corrected chi connectivity index (χ0v) is 13.8. The van der Waals surface area contributed by atoms with Crippen molar-refractivity contribution in [3.8, 4) is 16.3 Å². The molecular formula is C17H17N3O2S. The van der Waals surface area contributed by atoms with Crippen LogP contribution in [0.15, 0.2) is 47.8 Å². The molecule has 23 heavy (non-hydrogen) atoms. The van der Waals surface area contributed by atoms with Crippen LogP contribution in [0.4, 0.5) is 0 Å². The topological polar surface area (TPSA) is 56.1 Å². The smallest absolute Gasteiger partial charge is 0.269 e. The molecule has 0 aliphatic heterocycles. The van der Waals surface area contributed by atoms with Gasteiger partial charge in [-0.15, -0.1) is 11.3 Å². The summed E-state index contributed by atoms with van der Waals surface area (Å²) < 4.78 is 6.73. The van der Waals surface area contributed by atoms with Crippen molar-refractivity contribution < 1.29 is 9.53 Å². The van der Waals surface area contributed by atoms with E-state index in [1.165, 1.54) is 0 Å². The Morgan fingerprint density at radius 1 is 1.30 bits per heavy atom. The summed E-state index contributed by atoms with van der Waals surface area (Å²) in [5.74, 6) is 0.658. The van der Waals surface area contributed by atoms with Crippen LogP contribution in [0.1, 0.15) is 16.1 Å². The maximum Gasteiger partial charge on any atom is 0.269 e. The van der Waals surface area contributed by atoms with Gasteiger partial charge >= 0.3 is 0 Å². The first-order valence-electron chi connectivity index (χ1n) is 7.16. The summed E-state index contributed by atoms with van der Waals surface area (Å²) in [5, 5.41) is 9.31. The highest BCUT2D eigenvalue weighted by atomic mass is 32.1. The van der Waals surface area contributed by atoms with Gasteiger partial charge in [0, 0.05) is 13.6 Å². The Morgan fingerprint density at radius 3 is 2.74 bits per heavy atom. The van der Waals surface area contributed by atoms with Crippen LogP contribution < -0.4 is 10.1 Å². The zero-order chi connectivity index (χ0) is 16.2. The molecule has 1 amide bonds. The monoisotopic (exact) mass is 327 g/mol. The minimum atomic E-state index is -0.140. The predicted octanol–water partition coefficient (Wildman–Crippen LogP) is 3.09. The average molecular weight is 327 g/mol. The molecule has 6 heteroatoms. The van der Waals surface area contributed by atoms with Gasteiger partial charge < -0.3 is 10.1 Å². The van der Waals surface area contributed by atoms with Gasteiger partial charge in [-0.2, -0.15) is 5.10 Å². The van der Waals surface area contributed by atoms with Crippen LogP contribution in [0.3, 0.4) is 0 Å². The van der Waals surface area contributed by atoms with Crippen molar-refractivity contribution in [3.05, 3.63) is 59.1 Å². The highest BCUT2D eigenvalue weighted by Gasteiger charge is 2.14. The maximum absolute atomic E-state index is 12.4. The maximum atomic E-state index is 12.4. The Morgan fingerprint density at radius 2 is 2.09 bits per heavy atom. The number of rotatable bonds is 5. The molecule has 0 fully saturated rings. The second-order valence-electron chi connectivity index (χ2n) is 5.05. The summed E-state index contributed by atoms with van der Waals surface area (Å²) >= 11 is 1.60. The van der Waals surface area contributed by atoms with E-state index in [0.29, 0.717) is 12.2 Å². The number of benzene rings is 1. The molecule has 0 bridgehead atoms. The highest BCUT2D eigenvalue weighted by molar-refractivity contribution is 7.13. The molecule has 1 N–H and O–H groups in total. The van der Waals surface area contributed by atoms with Crippen molar-refractivity contribution in [1.82, 2.24) is 15.1 Å². The molecule has 0 aliphatic carbocycles. The Bertz CT molecular complexity index is 792. The molecule has 1 aromatic carbocycles. The lowest BCUT2D eigenvalue weighted by Crippen LogP contribution is -2.25. The van der Waals surface area contributed by atoms with E-state index in [0.717, 1.165) is 21.9 Å². The Labute approximate surface area is 138 Å². The Balaban J connectivity index is 1.68. The number of nitrogens with zero attached hydrogens (tertiary/aromatic N) is 2. The minimum Gasteiger partial charge on any atom is -0.497 e. The number of methoxy groups -OCH3 is 1. The van der Waals surface area contributed by atoms with Gasteiger partial charge in [0.1, 0.15) is 17.1 Å². The van der Waals surface area contributed by atoms with Crippen LogP contribution in [-0.4, -0.2) is 22.8 Å². The number of carbonyl (C=O) groups excluding carboxylic acids is 1. The third kappa shape index (κ3) is 3.43. The molecular weight excluding hydrogens is 310 g/mol. The third-order valence-corrected chi connectivity index (χ3v) is 4.39. The SMILES string of the molecule is COc1ccc(CNC(=O)c2cc(-c3cccs3)nn2C)cc1. The van der Waals surface area contributed by atoms with E-state index in [-0.39, 0.29) is 5.91 Å². The third-order valence-electron chi connectivity index (χ3n) is 3.50. The number of hydrogen-bond donors (Lipinski definition) is 1. The average Bonchev–Trinajstić information content (AvgIpc) is 3.22. The van der Waals surface area contributed by atoms with Crippen molar-refractivity contribution >= 4 is 17.2 Å². The van der Waals surface area contributed by atoms with E-state index in [2.05, 4.69) is 10.4 Å². The van der Waals surface area contributed by atoms with Crippen LogP contribution in [0.2, 0.25) is 0 Å². The molecule has 3 rings (SSSR count). The molecule has 0 atom stereocenters. The normalized spacial score (nSPS) is 10.5.